The Kier molecular flexibility index (Phi) is 3.61. The number of aromatic nitrogens is 2. The van der Waals surface area contributed by atoms with E-state index in [9.17, 15) is 13.6 Å². The van der Waals surface area contributed by atoms with E-state index in [2.05, 4.69) is 20.2 Å². The van der Waals surface area contributed by atoms with Gasteiger partial charge in [-0.15, -0.1) is 0 Å². The molecule has 0 bridgehead atoms. The first-order chi connectivity index (χ1) is 10.5. The average Bonchev–Trinajstić information content (AvgIpc) is 3.13. The van der Waals surface area contributed by atoms with E-state index in [1.165, 1.54) is 7.11 Å². The van der Waals surface area contributed by atoms with Gasteiger partial charge in [0.15, 0.2) is 0 Å². The van der Waals surface area contributed by atoms with Gasteiger partial charge < -0.3 is 9.26 Å². The maximum absolute atomic E-state index is 13.2. The molecule has 1 atom stereocenters. The van der Waals surface area contributed by atoms with Crippen LogP contribution in [0.25, 0.3) is 11.4 Å². The highest BCUT2D eigenvalue weighted by atomic mass is 19.3. The summed E-state index contributed by atoms with van der Waals surface area (Å²) in [5.74, 6) is -2.80. The van der Waals surface area contributed by atoms with Crippen molar-refractivity contribution >= 4 is 5.97 Å². The third-order valence-electron chi connectivity index (χ3n) is 3.41. The molecule has 0 aliphatic carbocycles. The summed E-state index contributed by atoms with van der Waals surface area (Å²) in [5.41, 5.74) is 1.01. The van der Waals surface area contributed by atoms with Crippen LogP contribution in [-0.2, 0) is 4.74 Å². The molecule has 1 aliphatic rings. The minimum Gasteiger partial charge on any atom is -0.465 e. The lowest BCUT2D eigenvalue weighted by molar-refractivity contribution is 0.0200. The quantitative estimate of drug-likeness (QED) is 0.876. The zero-order valence-electron chi connectivity index (χ0n) is 11.7. The molecule has 8 heteroatoms. The van der Waals surface area contributed by atoms with Crippen molar-refractivity contribution in [3.63, 3.8) is 0 Å². The lowest BCUT2D eigenvalue weighted by Crippen LogP contribution is -2.19. The second-order valence-electron chi connectivity index (χ2n) is 5.02. The van der Waals surface area contributed by atoms with Crippen LogP contribution >= 0.6 is 0 Å². The molecule has 6 nitrogen and oxygen atoms in total. The Hall–Kier alpha value is -2.35. The van der Waals surface area contributed by atoms with Gasteiger partial charge in [-0.1, -0.05) is 17.3 Å². The molecule has 22 heavy (non-hydrogen) atoms. The molecule has 1 aromatic carbocycles. The smallest absolute Gasteiger partial charge is 0.337 e. The fourth-order valence-corrected chi connectivity index (χ4v) is 2.26. The summed E-state index contributed by atoms with van der Waals surface area (Å²) in [6.45, 7) is -0.400. The normalized spacial score (nSPS) is 20.0. The summed E-state index contributed by atoms with van der Waals surface area (Å²) < 4.78 is 36.0. The van der Waals surface area contributed by atoms with Crippen molar-refractivity contribution in [2.45, 2.75) is 18.4 Å². The van der Waals surface area contributed by atoms with Crippen LogP contribution < -0.4 is 5.32 Å². The summed E-state index contributed by atoms with van der Waals surface area (Å²) in [5, 5.41) is 6.44. The molecule has 1 aliphatic heterocycles. The maximum Gasteiger partial charge on any atom is 0.337 e. The monoisotopic (exact) mass is 309 g/mol. The second kappa shape index (κ2) is 5.45. The van der Waals surface area contributed by atoms with E-state index in [0.29, 0.717) is 11.1 Å². The summed E-state index contributed by atoms with van der Waals surface area (Å²) in [7, 11) is 1.30. The van der Waals surface area contributed by atoms with E-state index < -0.39 is 24.5 Å². The number of hydrogen-bond acceptors (Lipinski definition) is 6. The molecule has 1 N–H and O–H groups in total. The molecule has 2 aromatic rings. The Balaban J connectivity index is 1.78. The van der Waals surface area contributed by atoms with Crippen LogP contribution in [0.4, 0.5) is 8.78 Å². The van der Waals surface area contributed by atoms with Crippen molar-refractivity contribution in [1.82, 2.24) is 15.5 Å². The zero-order valence-corrected chi connectivity index (χ0v) is 11.7. The zero-order chi connectivity index (χ0) is 15.7. The summed E-state index contributed by atoms with van der Waals surface area (Å²) in [4.78, 5) is 15.5. The molecule has 2 heterocycles. The first-order valence-electron chi connectivity index (χ1n) is 6.62. The SMILES string of the molecule is COC(=O)c1ccc(-c2noc(C3CC(F)(F)CN3)n2)cc1. The van der Waals surface area contributed by atoms with Crippen LogP contribution in [0, 0.1) is 0 Å². The predicted molar refractivity (Wildman–Crippen MR) is 71.4 cm³/mol. The number of carbonyl (C=O) groups is 1. The van der Waals surface area contributed by atoms with E-state index in [1.807, 2.05) is 0 Å². The molecule has 1 fully saturated rings. The standard InChI is InChI=1S/C14H13F2N3O3/c1-21-13(20)9-4-2-8(3-5-9)11-18-12(22-19-11)10-6-14(15,16)7-17-10/h2-5,10,17H,6-7H2,1H3. The highest BCUT2D eigenvalue weighted by Crippen LogP contribution is 2.33. The fourth-order valence-electron chi connectivity index (χ4n) is 2.26. The number of nitrogens with zero attached hydrogens (tertiary/aromatic N) is 2. The van der Waals surface area contributed by atoms with Crippen LogP contribution in [0.3, 0.4) is 0 Å². The average molecular weight is 309 g/mol. The van der Waals surface area contributed by atoms with Crippen molar-refractivity contribution < 1.29 is 22.8 Å². The third-order valence-corrected chi connectivity index (χ3v) is 3.41. The number of hydrogen-bond donors (Lipinski definition) is 1. The second-order valence-corrected chi connectivity index (χ2v) is 5.02. The van der Waals surface area contributed by atoms with E-state index in [-0.39, 0.29) is 18.1 Å². The van der Waals surface area contributed by atoms with Gasteiger partial charge in [0.2, 0.25) is 11.7 Å². The van der Waals surface area contributed by atoms with Gasteiger partial charge in [0.1, 0.15) is 0 Å². The van der Waals surface area contributed by atoms with Crippen LogP contribution in [-0.4, -0.2) is 35.7 Å². The lowest BCUT2D eigenvalue weighted by Gasteiger charge is -2.04. The molecule has 0 saturated carbocycles. The van der Waals surface area contributed by atoms with E-state index in [0.717, 1.165) is 0 Å². The molecule has 1 saturated heterocycles. The molecule has 0 spiro atoms. The molecule has 3 rings (SSSR count). The van der Waals surface area contributed by atoms with Crippen molar-refractivity contribution in [2.24, 2.45) is 0 Å². The Bertz CT molecular complexity index is 685. The van der Waals surface area contributed by atoms with Gasteiger partial charge in [0.05, 0.1) is 25.3 Å². The van der Waals surface area contributed by atoms with Gasteiger partial charge >= 0.3 is 5.97 Å². The van der Waals surface area contributed by atoms with Gasteiger partial charge in [0, 0.05) is 12.0 Å². The molecular formula is C14H13F2N3O3. The van der Waals surface area contributed by atoms with Gasteiger partial charge in [-0.05, 0) is 12.1 Å². The van der Waals surface area contributed by atoms with E-state index in [1.54, 1.807) is 24.3 Å². The fraction of sp³-hybridized carbons (Fsp3) is 0.357. The summed E-state index contributed by atoms with van der Waals surface area (Å²) in [6, 6.07) is 5.76. The topological polar surface area (TPSA) is 77.2 Å². The number of halogens is 2. The number of esters is 1. The van der Waals surface area contributed by atoms with Gasteiger partial charge in [-0.3, -0.25) is 5.32 Å². The molecule has 116 valence electrons. The Labute approximate surface area is 124 Å². The predicted octanol–water partition coefficient (Wildman–Crippen LogP) is 2.19. The maximum atomic E-state index is 13.2. The molecule has 1 aromatic heterocycles. The molecule has 0 radical (unpaired) electrons. The van der Waals surface area contributed by atoms with Crippen LogP contribution in [0.1, 0.15) is 28.7 Å². The van der Waals surface area contributed by atoms with Crippen LogP contribution in [0.5, 0.6) is 0 Å². The molecule has 0 amide bonds. The number of benzene rings is 1. The molecular weight excluding hydrogens is 296 g/mol. The summed E-state index contributed by atoms with van der Waals surface area (Å²) in [6.07, 6.45) is -0.365. The number of nitrogens with one attached hydrogen (secondary N) is 1. The summed E-state index contributed by atoms with van der Waals surface area (Å²) >= 11 is 0. The number of ether oxygens (including phenoxy) is 1. The first-order valence-corrected chi connectivity index (χ1v) is 6.62. The minimum atomic E-state index is -2.76. The Morgan fingerprint density at radius 1 is 1.41 bits per heavy atom. The van der Waals surface area contributed by atoms with Gasteiger partial charge in [-0.25, -0.2) is 13.6 Å². The number of carbonyl (C=O) groups excluding carboxylic acids is 1. The van der Waals surface area contributed by atoms with Crippen molar-refractivity contribution in [3.05, 3.63) is 35.7 Å². The van der Waals surface area contributed by atoms with Crippen molar-refractivity contribution in [1.29, 1.82) is 0 Å². The van der Waals surface area contributed by atoms with Crippen LogP contribution in [0.2, 0.25) is 0 Å². The first kappa shape index (κ1) is 14.6. The lowest BCUT2D eigenvalue weighted by atomic mass is 10.1. The van der Waals surface area contributed by atoms with E-state index >= 15 is 0 Å². The highest BCUT2D eigenvalue weighted by molar-refractivity contribution is 5.89. The van der Waals surface area contributed by atoms with Crippen LogP contribution in [0.15, 0.2) is 28.8 Å². The number of alkyl halides is 2. The minimum absolute atomic E-state index is 0.129. The Morgan fingerprint density at radius 3 is 2.73 bits per heavy atom. The van der Waals surface area contributed by atoms with Gasteiger partial charge in [-0.2, -0.15) is 4.98 Å². The third kappa shape index (κ3) is 2.82. The highest BCUT2D eigenvalue weighted by Gasteiger charge is 2.42. The van der Waals surface area contributed by atoms with E-state index in [4.69, 9.17) is 4.52 Å². The number of rotatable bonds is 3. The largest absolute Gasteiger partial charge is 0.465 e. The Morgan fingerprint density at radius 2 is 2.14 bits per heavy atom. The van der Waals surface area contributed by atoms with Crippen molar-refractivity contribution in [2.75, 3.05) is 13.7 Å². The van der Waals surface area contributed by atoms with Crippen molar-refractivity contribution in [3.8, 4) is 11.4 Å². The molecule has 1 unspecified atom stereocenters. The van der Waals surface area contributed by atoms with Gasteiger partial charge in [0.25, 0.3) is 5.92 Å². The number of methoxy groups -OCH3 is 1.